The van der Waals surface area contributed by atoms with Gasteiger partial charge >= 0.3 is 5.97 Å². The molecule has 6 heteroatoms. The van der Waals surface area contributed by atoms with Gasteiger partial charge in [-0.2, -0.15) is 0 Å². The van der Waals surface area contributed by atoms with Crippen molar-refractivity contribution in [2.45, 2.75) is 19.4 Å². The molecule has 0 aliphatic heterocycles. The molecule has 0 saturated heterocycles. The van der Waals surface area contributed by atoms with Crippen LogP contribution in [0.5, 0.6) is 0 Å². The minimum atomic E-state index is -1.07. The molecule has 6 nitrogen and oxygen atoms in total. The summed E-state index contributed by atoms with van der Waals surface area (Å²) < 4.78 is 0. The van der Waals surface area contributed by atoms with E-state index < -0.39 is 17.9 Å². The van der Waals surface area contributed by atoms with E-state index in [-0.39, 0.29) is 5.69 Å². The summed E-state index contributed by atoms with van der Waals surface area (Å²) in [5.41, 5.74) is 7.03. The summed E-state index contributed by atoms with van der Waals surface area (Å²) in [6.07, 6.45) is 0.296. The van der Waals surface area contributed by atoms with Crippen LogP contribution in [0.3, 0.4) is 0 Å². The summed E-state index contributed by atoms with van der Waals surface area (Å²) >= 11 is 0. The number of carboxylic acid groups (broad SMARTS) is 1. The van der Waals surface area contributed by atoms with Crippen molar-refractivity contribution in [1.82, 2.24) is 10.3 Å². The zero-order chi connectivity index (χ0) is 14.7. The standard InChI is InChI=1S/C14H15N3O3/c1-2-10(14(19)20)17-13(18)12-7-9(15)8-5-3-4-6-11(8)16-12/h3-7,10H,2H2,1H3,(H2,15,16)(H,17,18)(H,19,20)/t10-/m0/s1. The lowest BCUT2D eigenvalue weighted by atomic mass is 10.1. The van der Waals surface area contributed by atoms with Crippen LogP contribution in [0.15, 0.2) is 30.3 Å². The van der Waals surface area contributed by atoms with Gasteiger partial charge in [0, 0.05) is 11.1 Å². The predicted molar refractivity (Wildman–Crippen MR) is 75.3 cm³/mol. The van der Waals surface area contributed by atoms with E-state index in [0.29, 0.717) is 17.6 Å². The van der Waals surface area contributed by atoms with Crippen LogP contribution in [0.25, 0.3) is 10.9 Å². The fourth-order valence-electron chi connectivity index (χ4n) is 1.89. The number of hydrogen-bond donors (Lipinski definition) is 3. The van der Waals surface area contributed by atoms with Gasteiger partial charge < -0.3 is 16.2 Å². The molecule has 0 aliphatic rings. The van der Waals surface area contributed by atoms with Crippen LogP contribution >= 0.6 is 0 Å². The van der Waals surface area contributed by atoms with E-state index in [1.165, 1.54) is 6.07 Å². The molecule has 0 aliphatic carbocycles. The van der Waals surface area contributed by atoms with Crippen LogP contribution in [0, 0.1) is 0 Å². The number of rotatable bonds is 4. The number of nitrogens with one attached hydrogen (secondary N) is 1. The number of anilines is 1. The van der Waals surface area contributed by atoms with Crippen LogP contribution < -0.4 is 11.1 Å². The topological polar surface area (TPSA) is 105 Å². The maximum Gasteiger partial charge on any atom is 0.326 e. The van der Waals surface area contributed by atoms with Gasteiger partial charge in [-0.15, -0.1) is 0 Å². The lowest BCUT2D eigenvalue weighted by molar-refractivity contribution is -0.139. The van der Waals surface area contributed by atoms with E-state index in [9.17, 15) is 9.59 Å². The fourth-order valence-corrected chi connectivity index (χ4v) is 1.89. The number of carbonyl (C=O) groups excluding carboxylic acids is 1. The van der Waals surface area contributed by atoms with Gasteiger partial charge in [0.25, 0.3) is 5.91 Å². The number of aliphatic carboxylic acids is 1. The van der Waals surface area contributed by atoms with Crippen molar-refractivity contribution in [3.05, 3.63) is 36.0 Å². The minimum Gasteiger partial charge on any atom is -0.480 e. The van der Waals surface area contributed by atoms with Crippen LogP contribution in [-0.4, -0.2) is 28.0 Å². The maximum atomic E-state index is 12.0. The maximum absolute atomic E-state index is 12.0. The monoisotopic (exact) mass is 273 g/mol. The zero-order valence-electron chi connectivity index (χ0n) is 11.0. The molecule has 1 atom stereocenters. The Morgan fingerprint density at radius 3 is 2.75 bits per heavy atom. The largest absolute Gasteiger partial charge is 0.480 e. The van der Waals surface area contributed by atoms with Crippen molar-refractivity contribution in [3.8, 4) is 0 Å². The third-order valence-corrected chi connectivity index (χ3v) is 2.99. The average Bonchev–Trinajstić information content (AvgIpc) is 2.44. The van der Waals surface area contributed by atoms with Crippen molar-refractivity contribution in [1.29, 1.82) is 0 Å². The average molecular weight is 273 g/mol. The van der Waals surface area contributed by atoms with E-state index in [0.717, 1.165) is 5.39 Å². The first-order valence-electron chi connectivity index (χ1n) is 6.22. The van der Waals surface area contributed by atoms with Crippen LogP contribution in [0.2, 0.25) is 0 Å². The summed E-state index contributed by atoms with van der Waals surface area (Å²) in [5.74, 6) is -1.62. The van der Waals surface area contributed by atoms with Crippen molar-refractivity contribution < 1.29 is 14.7 Å². The highest BCUT2D eigenvalue weighted by atomic mass is 16.4. The summed E-state index contributed by atoms with van der Waals surface area (Å²) in [6.45, 7) is 1.68. The third kappa shape index (κ3) is 2.69. The summed E-state index contributed by atoms with van der Waals surface area (Å²) in [6, 6.07) is 7.70. The molecule has 20 heavy (non-hydrogen) atoms. The smallest absolute Gasteiger partial charge is 0.326 e. The molecule has 1 aromatic heterocycles. The number of nitrogen functional groups attached to an aromatic ring is 1. The molecule has 0 bridgehead atoms. The van der Waals surface area contributed by atoms with Crippen molar-refractivity contribution in [2.75, 3.05) is 5.73 Å². The number of nitrogens with zero attached hydrogens (tertiary/aromatic N) is 1. The highest BCUT2D eigenvalue weighted by Crippen LogP contribution is 2.20. The first-order chi connectivity index (χ1) is 9.52. The van der Waals surface area contributed by atoms with Gasteiger partial charge in [0.05, 0.1) is 5.52 Å². The number of pyridine rings is 1. The number of fused-ring (bicyclic) bond motifs is 1. The molecule has 0 fully saturated rings. The molecule has 104 valence electrons. The molecule has 2 aromatic rings. The molecule has 1 heterocycles. The molecular formula is C14H15N3O3. The van der Waals surface area contributed by atoms with E-state index in [1.54, 1.807) is 19.1 Å². The highest BCUT2D eigenvalue weighted by Gasteiger charge is 2.19. The second kappa shape index (κ2) is 5.56. The number of benzene rings is 1. The van der Waals surface area contributed by atoms with Gasteiger partial charge in [0.2, 0.25) is 0 Å². The Bertz CT molecular complexity index is 670. The Kier molecular flexibility index (Phi) is 3.84. The minimum absolute atomic E-state index is 0.112. The Hall–Kier alpha value is -2.63. The van der Waals surface area contributed by atoms with Crippen LogP contribution in [-0.2, 0) is 4.79 Å². The summed E-state index contributed by atoms with van der Waals surface area (Å²) in [7, 11) is 0. The van der Waals surface area contributed by atoms with Gasteiger partial charge in [0.1, 0.15) is 11.7 Å². The molecule has 0 spiro atoms. The lowest BCUT2D eigenvalue weighted by Crippen LogP contribution is -2.40. The van der Waals surface area contributed by atoms with Gasteiger partial charge in [-0.1, -0.05) is 25.1 Å². The number of hydrogen-bond acceptors (Lipinski definition) is 4. The van der Waals surface area contributed by atoms with E-state index in [1.807, 2.05) is 12.1 Å². The molecule has 1 amide bonds. The first-order valence-corrected chi connectivity index (χ1v) is 6.22. The van der Waals surface area contributed by atoms with Crippen molar-refractivity contribution >= 4 is 28.5 Å². The summed E-state index contributed by atoms with van der Waals surface area (Å²) in [5, 5.41) is 12.1. The van der Waals surface area contributed by atoms with E-state index >= 15 is 0 Å². The van der Waals surface area contributed by atoms with Gasteiger partial charge in [-0.25, -0.2) is 9.78 Å². The van der Waals surface area contributed by atoms with E-state index in [2.05, 4.69) is 10.3 Å². The summed E-state index contributed by atoms with van der Waals surface area (Å²) in [4.78, 5) is 27.1. The SMILES string of the molecule is CC[C@H](NC(=O)c1cc(N)c2ccccc2n1)C(=O)O. The zero-order valence-corrected chi connectivity index (χ0v) is 11.0. The number of aromatic nitrogens is 1. The third-order valence-electron chi connectivity index (χ3n) is 2.99. The Morgan fingerprint density at radius 1 is 1.40 bits per heavy atom. The second-order valence-corrected chi connectivity index (χ2v) is 4.39. The Morgan fingerprint density at radius 2 is 2.10 bits per heavy atom. The predicted octanol–water partition coefficient (Wildman–Crippen LogP) is 1.41. The molecule has 2 rings (SSSR count). The molecule has 0 radical (unpaired) electrons. The normalized spacial score (nSPS) is 12.1. The van der Waals surface area contributed by atoms with Crippen LogP contribution in [0.1, 0.15) is 23.8 Å². The molecule has 0 unspecified atom stereocenters. The number of carbonyl (C=O) groups is 2. The molecule has 4 N–H and O–H groups in total. The number of nitrogens with two attached hydrogens (primary N) is 1. The molecular weight excluding hydrogens is 258 g/mol. The Balaban J connectivity index is 2.33. The lowest BCUT2D eigenvalue weighted by Gasteiger charge is -2.12. The van der Waals surface area contributed by atoms with Crippen LogP contribution in [0.4, 0.5) is 5.69 Å². The second-order valence-electron chi connectivity index (χ2n) is 4.39. The van der Waals surface area contributed by atoms with Crippen molar-refractivity contribution in [2.24, 2.45) is 0 Å². The first kappa shape index (κ1) is 13.8. The number of para-hydroxylation sites is 1. The van der Waals surface area contributed by atoms with Gasteiger partial charge in [-0.05, 0) is 18.6 Å². The highest BCUT2D eigenvalue weighted by molar-refractivity contribution is 6.00. The van der Waals surface area contributed by atoms with Crippen molar-refractivity contribution in [3.63, 3.8) is 0 Å². The van der Waals surface area contributed by atoms with E-state index in [4.69, 9.17) is 10.8 Å². The van der Waals surface area contributed by atoms with Gasteiger partial charge in [0.15, 0.2) is 0 Å². The fraction of sp³-hybridized carbons (Fsp3) is 0.214. The van der Waals surface area contributed by atoms with Gasteiger partial charge in [-0.3, -0.25) is 4.79 Å². The Labute approximate surface area is 115 Å². The number of amides is 1. The molecule has 1 aromatic carbocycles. The quantitative estimate of drug-likeness (QED) is 0.781. The molecule has 0 saturated carbocycles. The number of carboxylic acids is 1.